The summed E-state index contributed by atoms with van der Waals surface area (Å²) < 4.78 is 22.1. The number of sulfone groups is 1. The molecule has 2 aliphatic heterocycles. The normalized spacial score (nSPS) is 31.2. The Morgan fingerprint density at radius 3 is 2.95 bits per heavy atom. The molecular formula is C13H24N3O4S. The van der Waals surface area contributed by atoms with Gasteiger partial charge in [-0.2, -0.15) is 0 Å². The lowest BCUT2D eigenvalue weighted by Gasteiger charge is -2.43. The van der Waals surface area contributed by atoms with Crippen LogP contribution < -0.4 is 11.1 Å². The zero-order valence-corrected chi connectivity index (χ0v) is 13.1. The molecular weight excluding hydrogens is 294 g/mol. The van der Waals surface area contributed by atoms with Gasteiger partial charge >= 0.3 is 0 Å². The highest BCUT2D eigenvalue weighted by Gasteiger charge is 2.52. The molecule has 1 amide bonds. The Labute approximate surface area is 125 Å². The van der Waals surface area contributed by atoms with Gasteiger partial charge in [-0.3, -0.25) is 9.69 Å². The van der Waals surface area contributed by atoms with Crippen molar-refractivity contribution in [3.8, 4) is 0 Å². The summed E-state index contributed by atoms with van der Waals surface area (Å²) in [7, 11) is -3.10. The van der Waals surface area contributed by atoms with Gasteiger partial charge in [0.2, 0.25) is 5.91 Å². The third-order valence-corrected chi connectivity index (χ3v) is 5.14. The maximum Gasteiger partial charge on any atom is 0.237 e. The first-order chi connectivity index (χ1) is 9.74. The lowest BCUT2D eigenvalue weighted by Crippen LogP contribution is -2.60. The monoisotopic (exact) mass is 318 g/mol. The average Bonchev–Trinajstić information content (AvgIpc) is 2.57. The van der Waals surface area contributed by atoms with Crippen LogP contribution in [0.25, 0.3) is 0 Å². The Hall–Kier alpha value is -0.700. The largest absolute Gasteiger partial charge is 0.390 e. The second-order valence-corrected chi connectivity index (χ2v) is 8.29. The van der Waals surface area contributed by atoms with E-state index in [1.807, 2.05) is 4.90 Å². The standard InChI is InChI=1S/C13H24N3O4S/c1-21(19,20)9-15-7-11(17)8-16-10-3-2-5-13(16,6-4-10)12(14)18/h2,10-11,15,17H,3-9H2,1H3,(H2,14,18)/t10-,11?,13+/m0/s1. The number of carbonyl (C=O) groups excluding carboxylic acids is 1. The summed E-state index contributed by atoms with van der Waals surface area (Å²) in [5, 5.41) is 12.8. The lowest BCUT2D eigenvalue weighted by atomic mass is 9.87. The van der Waals surface area contributed by atoms with Crippen LogP contribution in [0, 0.1) is 6.42 Å². The summed E-state index contributed by atoms with van der Waals surface area (Å²) in [6.45, 7) is 0.507. The molecule has 4 N–H and O–H groups in total. The Kier molecular flexibility index (Phi) is 4.92. The van der Waals surface area contributed by atoms with Crippen molar-refractivity contribution in [2.75, 3.05) is 25.2 Å². The van der Waals surface area contributed by atoms with Gasteiger partial charge in [0.05, 0.1) is 12.0 Å². The van der Waals surface area contributed by atoms with E-state index in [9.17, 15) is 18.3 Å². The molecule has 2 heterocycles. The SMILES string of the molecule is CS(=O)(=O)CNCC(O)CN1[C@H]2C[CH]C[C@]1(C(N)=O)CC2. The Balaban J connectivity index is 1.93. The summed E-state index contributed by atoms with van der Waals surface area (Å²) in [5.41, 5.74) is 4.92. The van der Waals surface area contributed by atoms with Crippen LogP contribution >= 0.6 is 0 Å². The van der Waals surface area contributed by atoms with E-state index in [0.717, 1.165) is 25.5 Å². The van der Waals surface area contributed by atoms with Crippen LogP contribution in [0.15, 0.2) is 0 Å². The van der Waals surface area contributed by atoms with Gasteiger partial charge in [0.25, 0.3) is 0 Å². The zero-order chi connectivity index (χ0) is 15.7. The van der Waals surface area contributed by atoms with Gasteiger partial charge in [0, 0.05) is 25.4 Å². The summed E-state index contributed by atoms with van der Waals surface area (Å²) in [5.74, 6) is -0.500. The molecule has 0 saturated carbocycles. The molecule has 2 rings (SSSR count). The lowest BCUT2D eigenvalue weighted by molar-refractivity contribution is -0.131. The van der Waals surface area contributed by atoms with Gasteiger partial charge < -0.3 is 16.2 Å². The number of rotatable bonds is 7. The van der Waals surface area contributed by atoms with Crippen molar-refractivity contribution in [2.45, 2.75) is 43.4 Å². The number of nitrogens with two attached hydrogens (primary N) is 1. The first-order valence-corrected chi connectivity index (χ1v) is 9.25. The highest BCUT2D eigenvalue weighted by atomic mass is 32.2. The molecule has 7 nitrogen and oxygen atoms in total. The number of aliphatic hydroxyl groups is 1. The van der Waals surface area contributed by atoms with Gasteiger partial charge in [-0.05, 0) is 32.1 Å². The van der Waals surface area contributed by atoms with E-state index >= 15 is 0 Å². The fourth-order valence-electron chi connectivity index (χ4n) is 3.42. The molecule has 8 heteroatoms. The minimum atomic E-state index is -3.10. The number of amides is 1. The number of carbonyl (C=O) groups is 1. The predicted molar refractivity (Wildman–Crippen MR) is 78.9 cm³/mol. The second kappa shape index (κ2) is 6.20. The third-order valence-electron chi connectivity index (χ3n) is 4.41. The summed E-state index contributed by atoms with van der Waals surface area (Å²) in [4.78, 5) is 13.9. The van der Waals surface area contributed by atoms with Gasteiger partial charge in [0.1, 0.15) is 5.54 Å². The van der Waals surface area contributed by atoms with E-state index in [2.05, 4.69) is 11.7 Å². The molecule has 1 radical (unpaired) electrons. The molecule has 2 fully saturated rings. The van der Waals surface area contributed by atoms with Gasteiger partial charge in [-0.1, -0.05) is 0 Å². The molecule has 0 aromatic heterocycles. The van der Waals surface area contributed by atoms with Crippen molar-refractivity contribution in [3.63, 3.8) is 0 Å². The maximum absolute atomic E-state index is 11.9. The molecule has 0 spiro atoms. The van der Waals surface area contributed by atoms with Crippen molar-refractivity contribution in [1.82, 2.24) is 10.2 Å². The molecule has 3 atom stereocenters. The average molecular weight is 318 g/mol. The summed E-state index contributed by atoms with van der Waals surface area (Å²) >= 11 is 0. The number of fused-ring (bicyclic) bond motifs is 2. The van der Waals surface area contributed by atoms with E-state index < -0.39 is 21.5 Å². The van der Waals surface area contributed by atoms with Crippen LogP contribution in [0.1, 0.15) is 25.7 Å². The fraction of sp³-hybridized carbons (Fsp3) is 0.846. The highest BCUT2D eigenvalue weighted by molar-refractivity contribution is 7.90. The van der Waals surface area contributed by atoms with Crippen molar-refractivity contribution >= 4 is 15.7 Å². The quantitative estimate of drug-likeness (QED) is 0.533. The topological polar surface area (TPSA) is 113 Å². The number of primary amides is 1. The van der Waals surface area contributed by atoms with Crippen molar-refractivity contribution in [2.24, 2.45) is 5.73 Å². The molecule has 121 valence electrons. The number of hydrogen-bond donors (Lipinski definition) is 3. The van der Waals surface area contributed by atoms with Crippen LogP contribution in [0.3, 0.4) is 0 Å². The van der Waals surface area contributed by atoms with Crippen molar-refractivity contribution in [3.05, 3.63) is 6.42 Å². The fourth-order valence-corrected chi connectivity index (χ4v) is 3.91. The summed E-state index contributed by atoms with van der Waals surface area (Å²) in [6.07, 6.45) is 5.67. The molecule has 0 aromatic rings. The first kappa shape index (κ1) is 16.7. The van der Waals surface area contributed by atoms with Crippen molar-refractivity contribution < 1.29 is 18.3 Å². The zero-order valence-electron chi connectivity index (χ0n) is 12.3. The Bertz CT molecular complexity index is 492. The van der Waals surface area contributed by atoms with E-state index in [0.29, 0.717) is 13.0 Å². The molecule has 1 unspecified atom stereocenters. The van der Waals surface area contributed by atoms with E-state index in [4.69, 9.17) is 5.73 Å². The van der Waals surface area contributed by atoms with Crippen LogP contribution in [-0.2, 0) is 14.6 Å². The van der Waals surface area contributed by atoms with Crippen LogP contribution in [-0.4, -0.2) is 67.2 Å². The van der Waals surface area contributed by atoms with Crippen LogP contribution in [0.4, 0.5) is 0 Å². The molecule has 0 aromatic carbocycles. The third kappa shape index (κ3) is 3.74. The number of aliphatic hydroxyl groups excluding tert-OH is 1. The number of nitrogens with zero attached hydrogens (tertiary/aromatic N) is 1. The van der Waals surface area contributed by atoms with Gasteiger partial charge in [0.15, 0.2) is 9.84 Å². The minimum Gasteiger partial charge on any atom is -0.390 e. The maximum atomic E-state index is 11.9. The smallest absolute Gasteiger partial charge is 0.237 e. The second-order valence-electron chi connectivity index (χ2n) is 6.15. The van der Waals surface area contributed by atoms with E-state index in [1.54, 1.807) is 0 Å². The highest BCUT2D eigenvalue weighted by Crippen LogP contribution is 2.43. The molecule has 0 aliphatic carbocycles. The first-order valence-electron chi connectivity index (χ1n) is 7.19. The van der Waals surface area contributed by atoms with Crippen molar-refractivity contribution in [1.29, 1.82) is 0 Å². The van der Waals surface area contributed by atoms with Crippen LogP contribution in [0.5, 0.6) is 0 Å². The predicted octanol–water partition coefficient (Wildman–Crippen LogP) is -1.37. The minimum absolute atomic E-state index is 0.164. The Morgan fingerprint density at radius 1 is 1.62 bits per heavy atom. The number of piperidine rings is 1. The molecule has 2 bridgehead atoms. The molecule has 2 saturated heterocycles. The molecule has 21 heavy (non-hydrogen) atoms. The Morgan fingerprint density at radius 2 is 2.33 bits per heavy atom. The van der Waals surface area contributed by atoms with Crippen LogP contribution in [0.2, 0.25) is 0 Å². The van der Waals surface area contributed by atoms with Gasteiger partial charge in [-0.25, -0.2) is 8.42 Å². The van der Waals surface area contributed by atoms with E-state index in [1.165, 1.54) is 0 Å². The van der Waals surface area contributed by atoms with E-state index in [-0.39, 0.29) is 24.4 Å². The number of β-amino-alcohol motifs (C(OH)–C–C–N with tert-alkyl or cyclic N) is 1. The number of nitrogens with one attached hydrogen (secondary N) is 1. The number of hydrogen-bond acceptors (Lipinski definition) is 6. The molecule has 2 aliphatic rings. The van der Waals surface area contributed by atoms with Gasteiger partial charge in [-0.15, -0.1) is 0 Å². The summed E-state index contributed by atoms with van der Waals surface area (Å²) in [6, 6.07) is 0.246.